The van der Waals surface area contributed by atoms with Gasteiger partial charge in [0.15, 0.2) is 11.6 Å². The summed E-state index contributed by atoms with van der Waals surface area (Å²) < 4.78 is 9.18. The van der Waals surface area contributed by atoms with E-state index in [0.29, 0.717) is 13.2 Å². The number of hydrogen-bond acceptors (Lipinski definition) is 5. The molecule has 8 heteroatoms. The van der Waals surface area contributed by atoms with Gasteiger partial charge in [0.1, 0.15) is 0 Å². The molecule has 2 aromatic heterocycles. The van der Waals surface area contributed by atoms with Crippen LogP contribution in [0.25, 0.3) is 11.6 Å². The molecule has 0 radical (unpaired) electrons. The van der Waals surface area contributed by atoms with Crippen LogP contribution in [-0.2, 0) is 16.6 Å². The lowest BCUT2D eigenvalue weighted by Crippen LogP contribution is -2.34. The zero-order valence-electron chi connectivity index (χ0n) is 12.6. The van der Waals surface area contributed by atoms with Crippen LogP contribution in [0.4, 0.5) is 0 Å². The number of carboxylic acid groups (broad SMARTS) is 1. The normalized spacial score (nSPS) is 21.0. The predicted octanol–water partition coefficient (Wildman–Crippen LogP) is 0.697. The first-order valence-electron chi connectivity index (χ1n) is 6.96. The van der Waals surface area contributed by atoms with E-state index in [9.17, 15) is 5.11 Å². The maximum absolute atomic E-state index is 10.0. The summed E-state index contributed by atoms with van der Waals surface area (Å²) in [7, 11) is 1.93. The molecule has 22 heavy (non-hydrogen) atoms. The average molecular weight is 308 g/mol. The molecule has 1 aliphatic heterocycles. The van der Waals surface area contributed by atoms with Gasteiger partial charge in [0, 0.05) is 45.4 Å². The molecule has 2 N–H and O–H groups in total. The summed E-state index contributed by atoms with van der Waals surface area (Å²) in [5.41, 5.74) is 0. The van der Waals surface area contributed by atoms with Crippen LogP contribution in [0.5, 0.6) is 0 Å². The van der Waals surface area contributed by atoms with Gasteiger partial charge in [-0.3, -0.25) is 4.79 Å². The van der Waals surface area contributed by atoms with Crippen molar-refractivity contribution in [1.82, 2.24) is 19.1 Å². The molecule has 0 aromatic carbocycles. The van der Waals surface area contributed by atoms with Gasteiger partial charge in [-0.1, -0.05) is 0 Å². The second-order valence-electron chi connectivity index (χ2n) is 5.04. The van der Waals surface area contributed by atoms with E-state index < -0.39 is 12.1 Å². The number of nitrogens with zero attached hydrogens (tertiary/aromatic N) is 4. The second kappa shape index (κ2) is 7.19. The Kier molecular flexibility index (Phi) is 5.29. The number of aliphatic carboxylic acids is 1. The number of aliphatic hydroxyl groups excluding tert-OH is 1. The number of aromatic nitrogens is 4. The quantitative estimate of drug-likeness (QED) is 0.846. The summed E-state index contributed by atoms with van der Waals surface area (Å²) in [5.74, 6) is 0.757. The summed E-state index contributed by atoms with van der Waals surface area (Å²) in [5, 5.41) is 17.4. The van der Waals surface area contributed by atoms with Crippen LogP contribution in [0, 0.1) is 0 Å². The van der Waals surface area contributed by atoms with Crippen molar-refractivity contribution in [2.24, 2.45) is 7.05 Å². The fourth-order valence-corrected chi connectivity index (χ4v) is 2.37. The molecule has 0 amide bonds. The third-order valence-corrected chi connectivity index (χ3v) is 3.34. The Morgan fingerprint density at radius 1 is 1.32 bits per heavy atom. The summed E-state index contributed by atoms with van der Waals surface area (Å²) in [6.07, 6.45) is 7.56. The summed E-state index contributed by atoms with van der Waals surface area (Å²) in [6.45, 7) is 2.13. The molecule has 0 spiro atoms. The number of hydrogen-bond donors (Lipinski definition) is 2. The van der Waals surface area contributed by atoms with E-state index >= 15 is 0 Å². The van der Waals surface area contributed by atoms with Gasteiger partial charge in [-0.2, -0.15) is 0 Å². The van der Waals surface area contributed by atoms with Crippen molar-refractivity contribution in [3.05, 3.63) is 24.8 Å². The van der Waals surface area contributed by atoms with Crippen LogP contribution in [0.2, 0.25) is 0 Å². The van der Waals surface area contributed by atoms with Crippen molar-refractivity contribution in [2.75, 3.05) is 13.2 Å². The van der Waals surface area contributed by atoms with Crippen molar-refractivity contribution in [3.63, 3.8) is 0 Å². The van der Waals surface area contributed by atoms with Gasteiger partial charge >= 0.3 is 0 Å². The molecule has 0 bridgehead atoms. The summed E-state index contributed by atoms with van der Waals surface area (Å²) in [4.78, 5) is 17.7. The SMILES string of the molecule is CC(=O)O.Cn1ccnc1-c1nccn1[C@H]1CCOC[C@@H]1O. The fourth-order valence-electron chi connectivity index (χ4n) is 2.37. The van der Waals surface area contributed by atoms with E-state index in [4.69, 9.17) is 14.6 Å². The predicted molar refractivity (Wildman–Crippen MR) is 78.2 cm³/mol. The minimum atomic E-state index is -0.833. The standard InChI is InChI=1S/C12H16N4O2.C2H4O2/c1-15-5-3-13-11(15)12-14-4-6-16(12)9-2-7-18-8-10(9)17;1-2(3)4/h3-6,9-10,17H,2,7-8H2,1H3;1H3,(H,3,4)/t9-,10-;/m0./s1. The Labute approximate surface area is 128 Å². The van der Waals surface area contributed by atoms with E-state index in [2.05, 4.69) is 9.97 Å². The molecule has 1 fully saturated rings. The Morgan fingerprint density at radius 2 is 1.95 bits per heavy atom. The molecular formula is C14H20N4O4. The van der Waals surface area contributed by atoms with Gasteiger partial charge in [0.2, 0.25) is 0 Å². The molecule has 3 rings (SSSR count). The molecule has 1 aliphatic rings. The third kappa shape index (κ3) is 3.71. The number of aliphatic hydroxyl groups is 1. The Balaban J connectivity index is 0.000000396. The fraction of sp³-hybridized carbons (Fsp3) is 0.500. The summed E-state index contributed by atoms with van der Waals surface area (Å²) in [6, 6.07) is 0.00736. The first kappa shape index (κ1) is 16.2. The number of rotatable bonds is 2. The molecular weight excluding hydrogens is 288 g/mol. The Morgan fingerprint density at radius 3 is 2.55 bits per heavy atom. The topological polar surface area (TPSA) is 102 Å². The van der Waals surface area contributed by atoms with Gasteiger partial charge < -0.3 is 24.1 Å². The molecule has 2 aromatic rings. The van der Waals surface area contributed by atoms with E-state index in [-0.39, 0.29) is 6.04 Å². The van der Waals surface area contributed by atoms with Crippen LogP contribution >= 0.6 is 0 Å². The molecule has 2 atom stereocenters. The zero-order valence-corrected chi connectivity index (χ0v) is 12.6. The molecule has 8 nitrogen and oxygen atoms in total. The van der Waals surface area contributed by atoms with E-state index in [1.165, 1.54) is 0 Å². The van der Waals surface area contributed by atoms with Crippen LogP contribution < -0.4 is 0 Å². The highest BCUT2D eigenvalue weighted by atomic mass is 16.5. The van der Waals surface area contributed by atoms with Crippen LogP contribution in [0.15, 0.2) is 24.8 Å². The van der Waals surface area contributed by atoms with Gasteiger partial charge in [0.25, 0.3) is 5.97 Å². The van der Waals surface area contributed by atoms with Gasteiger partial charge in [-0.25, -0.2) is 9.97 Å². The molecule has 0 unspecified atom stereocenters. The largest absolute Gasteiger partial charge is 0.481 e. The number of carboxylic acids is 1. The number of aryl methyl sites for hydroxylation is 1. The van der Waals surface area contributed by atoms with Crippen LogP contribution in [0.1, 0.15) is 19.4 Å². The maximum atomic E-state index is 10.0. The van der Waals surface area contributed by atoms with Gasteiger partial charge in [-0.05, 0) is 6.42 Å². The Bertz CT molecular complexity index is 618. The highest BCUT2D eigenvalue weighted by Crippen LogP contribution is 2.26. The summed E-state index contributed by atoms with van der Waals surface area (Å²) >= 11 is 0. The van der Waals surface area contributed by atoms with E-state index in [1.807, 2.05) is 28.6 Å². The smallest absolute Gasteiger partial charge is 0.300 e. The first-order valence-corrected chi connectivity index (χ1v) is 6.96. The zero-order chi connectivity index (χ0) is 16.1. The molecule has 0 aliphatic carbocycles. The van der Waals surface area contributed by atoms with E-state index in [1.54, 1.807) is 12.4 Å². The first-order chi connectivity index (χ1) is 10.5. The van der Waals surface area contributed by atoms with Gasteiger partial charge in [0.05, 0.1) is 18.8 Å². The lowest BCUT2D eigenvalue weighted by atomic mass is 10.1. The highest BCUT2D eigenvalue weighted by Gasteiger charge is 2.27. The minimum Gasteiger partial charge on any atom is -0.481 e. The molecule has 3 heterocycles. The maximum Gasteiger partial charge on any atom is 0.300 e. The van der Waals surface area contributed by atoms with Gasteiger partial charge in [-0.15, -0.1) is 0 Å². The van der Waals surface area contributed by atoms with Crippen molar-refractivity contribution >= 4 is 5.97 Å². The lowest BCUT2D eigenvalue weighted by Gasteiger charge is -2.29. The van der Waals surface area contributed by atoms with Crippen molar-refractivity contribution in [2.45, 2.75) is 25.5 Å². The average Bonchev–Trinajstić information content (AvgIpc) is 3.07. The van der Waals surface area contributed by atoms with Crippen LogP contribution in [0.3, 0.4) is 0 Å². The number of imidazole rings is 2. The number of ether oxygens (including phenoxy) is 1. The Hall–Kier alpha value is -2.19. The lowest BCUT2D eigenvalue weighted by molar-refractivity contribution is -0.134. The number of carbonyl (C=O) groups is 1. The monoisotopic (exact) mass is 308 g/mol. The van der Waals surface area contributed by atoms with Crippen molar-refractivity contribution < 1.29 is 19.7 Å². The molecule has 0 saturated carbocycles. The molecule has 120 valence electrons. The van der Waals surface area contributed by atoms with Crippen LogP contribution in [-0.4, -0.2) is 54.6 Å². The van der Waals surface area contributed by atoms with Crippen molar-refractivity contribution in [1.29, 1.82) is 0 Å². The highest BCUT2D eigenvalue weighted by molar-refractivity contribution is 5.62. The molecule has 1 saturated heterocycles. The second-order valence-corrected chi connectivity index (χ2v) is 5.04. The van der Waals surface area contributed by atoms with Crippen molar-refractivity contribution in [3.8, 4) is 11.6 Å². The minimum absolute atomic E-state index is 0.00736. The third-order valence-electron chi connectivity index (χ3n) is 3.34. The van der Waals surface area contributed by atoms with E-state index in [0.717, 1.165) is 25.0 Å².